The largest absolute Gasteiger partial charge is 0.497 e. The summed E-state index contributed by atoms with van der Waals surface area (Å²) in [5.41, 5.74) is 1.74. The molecule has 2 aromatic carbocycles. The number of methoxy groups -OCH3 is 1. The number of carbonyl (C=O) groups is 1. The number of pyridine rings is 1. The first-order valence-corrected chi connectivity index (χ1v) is 8.33. The second kappa shape index (κ2) is 7.89. The number of anilines is 1. The lowest BCUT2D eigenvalue weighted by molar-refractivity contribution is 0.102. The molecule has 3 aromatic rings. The van der Waals surface area contributed by atoms with Crippen molar-refractivity contribution < 1.29 is 9.53 Å². The van der Waals surface area contributed by atoms with Crippen molar-refractivity contribution in [1.82, 2.24) is 4.57 Å². The number of hydrogen-bond donors (Lipinski definition) is 1. The Kier molecular flexibility index (Phi) is 5.39. The van der Waals surface area contributed by atoms with Crippen molar-refractivity contribution in [2.45, 2.75) is 6.54 Å². The normalized spacial score (nSPS) is 10.4. The standard InChI is InChI=1S/C20H17ClN2O3/c1-26-18-4-2-3-14(11-18)12-23-13-15(5-10-19(23)24)20(25)22-17-8-6-16(21)7-9-17/h2-11,13H,12H2,1H3,(H,22,25). The van der Waals surface area contributed by atoms with E-state index in [9.17, 15) is 9.59 Å². The van der Waals surface area contributed by atoms with Gasteiger partial charge in [-0.3, -0.25) is 9.59 Å². The van der Waals surface area contributed by atoms with Gasteiger partial charge >= 0.3 is 0 Å². The molecule has 0 fully saturated rings. The zero-order valence-electron chi connectivity index (χ0n) is 14.1. The Hall–Kier alpha value is -3.05. The van der Waals surface area contributed by atoms with Crippen LogP contribution in [-0.2, 0) is 6.54 Å². The lowest BCUT2D eigenvalue weighted by atomic mass is 10.2. The van der Waals surface area contributed by atoms with Gasteiger partial charge in [0.1, 0.15) is 5.75 Å². The average Bonchev–Trinajstić information content (AvgIpc) is 2.65. The lowest BCUT2D eigenvalue weighted by Crippen LogP contribution is -2.22. The van der Waals surface area contributed by atoms with E-state index in [2.05, 4.69) is 5.32 Å². The molecule has 0 spiro atoms. The van der Waals surface area contributed by atoms with Gasteiger partial charge in [0.15, 0.2) is 0 Å². The van der Waals surface area contributed by atoms with Crippen LogP contribution in [0.15, 0.2) is 71.7 Å². The molecule has 5 nitrogen and oxygen atoms in total. The van der Waals surface area contributed by atoms with Gasteiger partial charge in [0.2, 0.25) is 0 Å². The summed E-state index contributed by atoms with van der Waals surface area (Å²) in [6, 6.07) is 17.2. The molecule has 6 heteroatoms. The molecule has 0 bridgehead atoms. The molecule has 0 aliphatic heterocycles. The average molecular weight is 369 g/mol. The lowest BCUT2D eigenvalue weighted by Gasteiger charge is -2.10. The minimum absolute atomic E-state index is 0.184. The number of nitrogens with zero attached hydrogens (tertiary/aromatic N) is 1. The first-order chi connectivity index (χ1) is 12.5. The number of rotatable bonds is 5. The molecule has 26 heavy (non-hydrogen) atoms. The van der Waals surface area contributed by atoms with Crippen LogP contribution >= 0.6 is 11.6 Å². The molecule has 1 aromatic heterocycles. The van der Waals surface area contributed by atoms with Crippen molar-refractivity contribution >= 4 is 23.2 Å². The van der Waals surface area contributed by atoms with Gasteiger partial charge < -0.3 is 14.6 Å². The molecule has 1 N–H and O–H groups in total. The molecule has 0 saturated carbocycles. The van der Waals surface area contributed by atoms with Crippen molar-refractivity contribution in [2.75, 3.05) is 12.4 Å². The van der Waals surface area contributed by atoms with Crippen LogP contribution in [0.3, 0.4) is 0 Å². The van der Waals surface area contributed by atoms with Crippen LogP contribution in [0.2, 0.25) is 5.02 Å². The van der Waals surface area contributed by atoms with Crippen LogP contribution in [-0.4, -0.2) is 17.6 Å². The van der Waals surface area contributed by atoms with Gasteiger partial charge in [-0.15, -0.1) is 0 Å². The summed E-state index contributed by atoms with van der Waals surface area (Å²) in [7, 11) is 1.59. The highest BCUT2D eigenvalue weighted by Gasteiger charge is 2.09. The topological polar surface area (TPSA) is 60.3 Å². The number of amides is 1. The highest BCUT2D eigenvalue weighted by Crippen LogP contribution is 2.15. The van der Waals surface area contributed by atoms with Crippen LogP contribution < -0.4 is 15.6 Å². The second-order valence-electron chi connectivity index (χ2n) is 5.70. The molecule has 132 valence electrons. The Labute approximate surface area is 155 Å². The van der Waals surface area contributed by atoms with E-state index in [1.807, 2.05) is 24.3 Å². The Morgan fingerprint density at radius 1 is 1.12 bits per heavy atom. The zero-order valence-corrected chi connectivity index (χ0v) is 14.9. The SMILES string of the molecule is COc1cccc(Cn2cc(C(=O)Nc3ccc(Cl)cc3)ccc2=O)c1. The molecule has 0 aliphatic rings. The molecule has 0 saturated heterocycles. The van der Waals surface area contributed by atoms with Crippen LogP contribution in [0.25, 0.3) is 0 Å². The maximum atomic E-state index is 12.4. The van der Waals surface area contributed by atoms with E-state index in [4.69, 9.17) is 16.3 Å². The van der Waals surface area contributed by atoms with Gasteiger partial charge in [-0.2, -0.15) is 0 Å². The van der Waals surface area contributed by atoms with E-state index >= 15 is 0 Å². The van der Waals surface area contributed by atoms with E-state index in [0.29, 0.717) is 28.6 Å². The fourth-order valence-electron chi connectivity index (χ4n) is 2.49. The number of halogens is 1. The predicted octanol–water partition coefficient (Wildman–Crippen LogP) is 3.81. The number of carbonyl (C=O) groups excluding carboxylic acids is 1. The summed E-state index contributed by atoms with van der Waals surface area (Å²) in [4.78, 5) is 24.6. The predicted molar refractivity (Wildman–Crippen MR) is 102 cm³/mol. The van der Waals surface area contributed by atoms with Gasteiger partial charge in [-0.1, -0.05) is 23.7 Å². The molecule has 1 amide bonds. The van der Waals surface area contributed by atoms with Crippen LogP contribution in [0.1, 0.15) is 15.9 Å². The minimum atomic E-state index is -0.299. The Balaban J connectivity index is 1.81. The van der Waals surface area contributed by atoms with E-state index in [1.54, 1.807) is 37.6 Å². The first kappa shape index (κ1) is 17.8. The van der Waals surface area contributed by atoms with E-state index in [1.165, 1.54) is 16.7 Å². The third kappa shape index (κ3) is 4.32. The highest BCUT2D eigenvalue weighted by atomic mass is 35.5. The smallest absolute Gasteiger partial charge is 0.257 e. The van der Waals surface area contributed by atoms with Crippen molar-refractivity contribution in [3.8, 4) is 5.75 Å². The molecule has 0 unspecified atom stereocenters. The maximum Gasteiger partial charge on any atom is 0.257 e. The number of hydrogen-bond acceptors (Lipinski definition) is 3. The molecular weight excluding hydrogens is 352 g/mol. The Morgan fingerprint density at radius 3 is 2.62 bits per heavy atom. The van der Waals surface area contributed by atoms with E-state index < -0.39 is 0 Å². The summed E-state index contributed by atoms with van der Waals surface area (Å²) >= 11 is 5.84. The summed E-state index contributed by atoms with van der Waals surface area (Å²) in [5.74, 6) is 0.416. The Bertz CT molecular complexity index is 981. The monoisotopic (exact) mass is 368 g/mol. The van der Waals surface area contributed by atoms with Crippen LogP contribution in [0.5, 0.6) is 5.75 Å². The molecule has 3 rings (SSSR count). The molecule has 0 atom stereocenters. The molecule has 0 radical (unpaired) electrons. The fraction of sp³-hybridized carbons (Fsp3) is 0.100. The number of aromatic nitrogens is 1. The summed E-state index contributed by atoms with van der Waals surface area (Å²) in [5, 5.41) is 3.37. The fourth-order valence-corrected chi connectivity index (χ4v) is 2.62. The molecule has 0 aliphatic carbocycles. The number of ether oxygens (including phenoxy) is 1. The summed E-state index contributed by atoms with van der Waals surface area (Å²) < 4.78 is 6.69. The Morgan fingerprint density at radius 2 is 1.88 bits per heavy atom. The second-order valence-corrected chi connectivity index (χ2v) is 6.13. The van der Waals surface area contributed by atoms with Crippen LogP contribution in [0, 0.1) is 0 Å². The first-order valence-electron chi connectivity index (χ1n) is 7.95. The van der Waals surface area contributed by atoms with Gasteiger partial charge in [0, 0.05) is 23.0 Å². The van der Waals surface area contributed by atoms with E-state index in [-0.39, 0.29) is 11.5 Å². The van der Waals surface area contributed by atoms with Crippen molar-refractivity contribution in [3.05, 3.63) is 93.4 Å². The quantitative estimate of drug-likeness (QED) is 0.745. The number of nitrogens with one attached hydrogen (secondary N) is 1. The maximum absolute atomic E-state index is 12.4. The van der Waals surface area contributed by atoms with Gasteiger partial charge in [0.25, 0.3) is 11.5 Å². The van der Waals surface area contributed by atoms with E-state index in [0.717, 1.165) is 5.56 Å². The molecule has 1 heterocycles. The van der Waals surface area contributed by atoms with Crippen molar-refractivity contribution in [1.29, 1.82) is 0 Å². The highest BCUT2D eigenvalue weighted by molar-refractivity contribution is 6.30. The summed E-state index contributed by atoms with van der Waals surface area (Å²) in [6.07, 6.45) is 1.55. The minimum Gasteiger partial charge on any atom is -0.497 e. The summed E-state index contributed by atoms with van der Waals surface area (Å²) in [6.45, 7) is 0.345. The van der Waals surface area contributed by atoms with Gasteiger partial charge in [0.05, 0.1) is 19.2 Å². The molecular formula is C20H17ClN2O3. The number of benzene rings is 2. The van der Waals surface area contributed by atoms with Crippen molar-refractivity contribution in [2.24, 2.45) is 0 Å². The third-order valence-corrected chi connectivity index (χ3v) is 4.09. The van der Waals surface area contributed by atoms with Crippen LogP contribution in [0.4, 0.5) is 5.69 Å². The van der Waals surface area contributed by atoms with Gasteiger partial charge in [-0.25, -0.2) is 0 Å². The third-order valence-electron chi connectivity index (χ3n) is 3.83. The van der Waals surface area contributed by atoms with Crippen molar-refractivity contribution in [3.63, 3.8) is 0 Å². The van der Waals surface area contributed by atoms with Gasteiger partial charge in [-0.05, 0) is 48.0 Å². The zero-order chi connectivity index (χ0) is 18.5.